The zero-order chi connectivity index (χ0) is 31.1. The highest BCUT2D eigenvalue weighted by atomic mass is 16.6. The largest absolute Gasteiger partial charge is 0.467 e. The Morgan fingerprint density at radius 1 is 1.02 bits per heavy atom. The zero-order valence-corrected chi connectivity index (χ0v) is 25.3. The fraction of sp³-hybridized carbons (Fsp3) is 0.633. The first-order valence-corrected chi connectivity index (χ1v) is 14.5. The number of carbonyl (C=O) groups is 5. The normalized spacial score (nSPS) is 14.5. The molecular formula is C30H46N4O8. The molecule has 1 fully saturated rings. The Labute approximate surface area is 248 Å². The van der Waals surface area contributed by atoms with E-state index in [9.17, 15) is 24.0 Å². The van der Waals surface area contributed by atoms with Gasteiger partial charge in [0.05, 0.1) is 20.2 Å². The number of hydrogen-bond acceptors (Lipinski definition) is 9. The molecule has 1 aromatic carbocycles. The summed E-state index contributed by atoms with van der Waals surface area (Å²) in [5, 5.41) is 2.38. The van der Waals surface area contributed by atoms with Gasteiger partial charge in [0.25, 0.3) is 0 Å². The fourth-order valence-electron chi connectivity index (χ4n) is 4.62. The van der Waals surface area contributed by atoms with Gasteiger partial charge in [-0.3, -0.25) is 14.5 Å². The number of methoxy groups -OCH3 is 1. The molecule has 0 spiro atoms. The number of likely N-dealkylation sites (tertiary alicyclic amines) is 1. The van der Waals surface area contributed by atoms with E-state index in [2.05, 4.69) is 5.32 Å². The van der Waals surface area contributed by atoms with Crippen molar-refractivity contribution < 1.29 is 38.2 Å². The summed E-state index contributed by atoms with van der Waals surface area (Å²) in [5.41, 5.74) is 5.76. The Hall–Kier alpha value is -3.67. The quantitative estimate of drug-likeness (QED) is 0.200. The van der Waals surface area contributed by atoms with E-state index in [0.717, 1.165) is 49.7 Å². The van der Waals surface area contributed by atoms with Crippen LogP contribution in [0.1, 0.15) is 71.3 Å². The molecule has 1 saturated heterocycles. The van der Waals surface area contributed by atoms with Crippen molar-refractivity contribution in [2.24, 2.45) is 11.7 Å². The number of hydrogen-bond donors (Lipinski definition) is 2. The summed E-state index contributed by atoms with van der Waals surface area (Å²) in [5.74, 6) is -1.47. The third-order valence-electron chi connectivity index (χ3n) is 6.90. The number of benzene rings is 1. The van der Waals surface area contributed by atoms with E-state index >= 15 is 0 Å². The summed E-state index contributed by atoms with van der Waals surface area (Å²) < 4.78 is 15.4. The Bertz CT molecular complexity index is 1040. The van der Waals surface area contributed by atoms with E-state index in [1.54, 1.807) is 29.2 Å². The van der Waals surface area contributed by atoms with E-state index in [1.807, 2.05) is 26.8 Å². The highest BCUT2D eigenvalue weighted by Gasteiger charge is 2.30. The number of nitrogens with zero attached hydrogens (tertiary/aromatic N) is 2. The lowest BCUT2D eigenvalue weighted by Gasteiger charge is -2.33. The highest BCUT2D eigenvalue weighted by Crippen LogP contribution is 2.24. The first-order valence-electron chi connectivity index (χ1n) is 14.5. The number of nitrogens with one attached hydrogen (secondary N) is 1. The van der Waals surface area contributed by atoms with Crippen LogP contribution in [0.5, 0.6) is 0 Å². The summed E-state index contributed by atoms with van der Waals surface area (Å²) in [6.07, 6.45) is 3.99. The van der Waals surface area contributed by atoms with Crippen molar-refractivity contribution in [1.29, 1.82) is 0 Å². The van der Waals surface area contributed by atoms with Crippen molar-refractivity contribution in [3.05, 3.63) is 35.9 Å². The number of esters is 1. The molecule has 1 heterocycles. The molecule has 0 saturated carbocycles. The SMILES string of the molecule is COC(=O)[C@H](CN(C(=O)CN)C(=O)CCCCCC1CCN(C(=O)OC(C)(C)C)CC1)NC(=O)OCc1ccccc1. The number of rotatable bonds is 13. The summed E-state index contributed by atoms with van der Waals surface area (Å²) in [4.78, 5) is 65.0. The number of carbonyl (C=O) groups excluding carboxylic acids is 5. The van der Waals surface area contributed by atoms with E-state index in [1.165, 1.54) is 0 Å². The molecule has 234 valence electrons. The van der Waals surface area contributed by atoms with Crippen molar-refractivity contribution in [3.63, 3.8) is 0 Å². The van der Waals surface area contributed by atoms with Gasteiger partial charge in [-0.25, -0.2) is 14.4 Å². The van der Waals surface area contributed by atoms with Gasteiger partial charge in [0, 0.05) is 19.5 Å². The van der Waals surface area contributed by atoms with Gasteiger partial charge in [0.15, 0.2) is 0 Å². The van der Waals surface area contributed by atoms with Gasteiger partial charge in [-0.05, 0) is 51.5 Å². The monoisotopic (exact) mass is 590 g/mol. The van der Waals surface area contributed by atoms with Crippen LogP contribution in [-0.2, 0) is 35.2 Å². The van der Waals surface area contributed by atoms with E-state index in [-0.39, 0.29) is 19.1 Å². The number of imide groups is 1. The van der Waals surface area contributed by atoms with Crippen molar-refractivity contribution in [2.45, 2.75) is 84.0 Å². The zero-order valence-electron chi connectivity index (χ0n) is 25.3. The fourth-order valence-corrected chi connectivity index (χ4v) is 4.62. The molecule has 1 aromatic rings. The maximum Gasteiger partial charge on any atom is 0.410 e. The number of unbranched alkanes of at least 4 members (excludes halogenated alkanes) is 2. The molecule has 1 atom stereocenters. The van der Waals surface area contributed by atoms with Crippen LogP contribution in [0.2, 0.25) is 0 Å². The molecule has 0 unspecified atom stereocenters. The Kier molecular flexibility index (Phi) is 14.2. The Balaban J connectivity index is 1.79. The molecule has 1 aliphatic heterocycles. The summed E-state index contributed by atoms with van der Waals surface area (Å²) in [6, 6.07) is 7.67. The van der Waals surface area contributed by atoms with Crippen molar-refractivity contribution in [2.75, 3.05) is 33.3 Å². The molecule has 2 rings (SSSR count). The summed E-state index contributed by atoms with van der Waals surface area (Å²) in [7, 11) is 1.14. The average molecular weight is 591 g/mol. The van der Waals surface area contributed by atoms with Crippen LogP contribution in [0.15, 0.2) is 30.3 Å². The summed E-state index contributed by atoms with van der Waals surface area (Å²) >= 11 is 0. The van der Waals surface area contributed by atoms with Crippen LogP contribution < -0.4 is 11.1 Å². The number of nitrogens with two attached hydrogens (primary N) is 1. The van der Waals surface area contributed by atoms with Gasteiger partial charge >= 0.3 is 18.2 Å². The van der Waals surface area contributed by atoms with Gasteiger partial charge in [-0.15, -0.1) is 0 Å². The van der Waals surface area contributed by atoms with Crippen molar-refractivity contribution in [3.8, 4) is 0 Å². The third kappa shape index (κ3) is 12.5. The molecule has 0 aromatic heterocycles. The number of alkyl carbamates (subject to hydrolysis) is 1. The van der Waals surface area contributed by atoms with Gasteiger partial charge in [0.2, 0.25) is 11.8 Å². The van der Waals surface area contributed by atoms with Crippen molar-refractivity contribution >= 4 is 30.0 Å². The topological polar surface area (TPSA) is 158 Å². The molecule has 12 heteroatoms. The lowest BCUT2D eigenvalue weighted by atomic mass is 9.91. The number of piperidine rings is 1. The third-order valence-corrected chi connectivity index (χ3v) is 6.90. The van der Waals surface area contributed by atoms with Crippen LogP contribution >= 0.6 is 0 Å². The second-order valence-corrected chi connectivity index (χ2v) is 11.4. The minimum absolute atomic E-state index is 0.0200. The molecule has 0 bridgehead atoms. The predicted molar refractivity (Wildman–Crippen MR) is 155 cm³/mol. The smallest absolute Gasteiger partial charge is 0.410 e. The first kappa shape index (κ1) is 34.5. The van der Waals surface area contributed by atoms with Crippen molar-refractivity contribution in [1.82, 2.24) is 15.1 Å². The van der Waals surface area contributed by atoms with Crippen LogP contribution in [0.25, 0.3) is 0 Å². The molecule has 42 heavy (non-hydrogen) atoms. The minimum Gasteiger partial charge on any atom is -0.467 e. The van der Waals surface area contributed by atoms with Crippen LogP contribution in [0.3, 0.4) is 0 Å². The minimum atomic E-state index is -1.32. The molecule has 0 aliphatic carbocycles. The first-order chi connectivity index (χ1) is 19.9. The molecule has 1 aliphatic rings. The molecular weight excluding hydrogens is 544 g/mol. The van der Waals surface area contributed by atoms with E-state index in [4.69, 9.17) is 19.9 Å². The number of ether oxygens (including phenoxy) is 3. The predicted octanol–water partition coefficient (Wildman–Crippen LogP) is 3.37. The Morgan fingerprint density at radius 3 is 2.29 bits per heavy atom. The Morgan fingerprint density at radius 2 is 1.69 bits per heavy atom. The number of amides is 4. The maximum atomic E-state index is 13.0. The maximum absolute atomic E-state index is 13.0. The van der Waals surface area contributed by atoms with Crippen LogP contribution in [0, 0.1) is 5.92 Å². The van der Waals surface area contributed by atoms with E-state index in [0.29, 0.717) is 25.4 Å². The van der Waals surface area contributed by atoms with E-state index < -0.39 is 48.6 Å². The second kappa shape index (κ2) is 17.3. The summed E-state index contributed by atoms with van der Waals surface area (Å²) in [6.45, 7) is 6.03. The van der Waals surface area contributed by atoms with Crippen LogP contribution in [-0.4, -0.2) is 84.7 Å². The van der Waals surface area contributed by atoms with Gasteiger partial charge in [-0.1, -0.05) is 49.6 Å². The highest BCUT2D eigenvalue weighted by molar-refractivity contribution is 5.97. The molecule has 0 radical (unpaired) electrons. The van der Waals surface area contributed by atoms with Gasteiger partial charge in [-0.2, -0.15) is 0 Å². The molecule has 3 N–H and O–H groups in total. The van der Waals surface area contributed by atoms with Crippen LogP contribution in [0.4, 0.5) is 9.59 Å². The lowest BCUT2D eigenvalue weighted by Crippen LogP contribution is -2.53. The molecule has 4 amide bonds. The van der Waals surface area contributed by atoms with Gasteiger partial charge in [0.1, 0.15) is 18.2 Å². The lowest BCUT2D eigenvalue weighted by molar-refractivity contribution is -0.148. The molecule has 12 nitrogen and oxygen atoms in total. The second-order valence-electron chi connectivity index (χ2n) is 11.4. The van der Waals surface area contributed by atoms with Gasteiger partial charge < -0.3 is 30.2 Å². The standard InChI is InChI=1S/C30H46N4O8/c1-30(2,3)42-29(39)33-17-15-22(16-18-33)11-7-6-10-14-25(35)34(26(36)19-31)20-24(27(37)40-4)32-28(38)41-21-23-12-8-5-9-13-23/h5,8-9,12-13,22,24H,6-7,10-11,14-21,31H2,1-4H3,(H,32,38)/t24-/m0/s1. The average Bonchev–Trinajstić information content (AvgIpc) is 2.97.